The lowest BCUT2D eigenvalue weighted by Crippen LogP contribution is -2.44. The maximum absolute atomic E-state index is 16.6. The van der Waals surface area contributed by atoms with Crippen molar-refractivity contribution < 1.29 is 18.6 Å². The van der Waals surface area contributed by atoms with E-state index in [0.29, 0.717) is 42.8 Å². The number of terminal acetylenes is 1. The number of anilines is 1. The maximum Gasteiger partial charge on any atom is 0.319 e. The number of aromatic nitrogens is 3. The molecular weight excluding hydrogens is 568 g/mol. The number of pyridine rings is 1. The lowest BCUT2D eigenvalue weighted by molar-refractivity contribution is 0.164. The van der Waals surface area contributed by atoms with Gasteiger partial charge in [0.05, 0.1) is 10.9 Å². The van der Waals surface area contributed by atoms with Crippen LogP contribution in [0.2, 0.25) is 0 Å². The number of hydrogen-bond donors (Lipinski definition) is 2. The van der Waals surface area contributed by atoms with Gasteiger partial charge in [0.25, 0.3) is 0 Å². The summed E-state index contributed by atoms with van der Waals surface area (Å²) in [6.45, 7) is 5.21. The van der Waals surface area contributed by atoms with Crippen LogP contribution in [-0.4, -0.2) is 83.4 Å². The second kappa shape index (κ2) is 12.9. The molecule has 0 radical (unpaired) electrons. The number of halogens is 2. The summed E-state index contributed by atoms with van der Waals surface area (Å²) in [5.74, 6) is 1.34. The highest BCUT2D eigenvalue weighted by atomic mass is 19.1. The highest BCUT2D eigenvalue weighted by Crippen LogP contribution is 2.38. The van der Waals surface area contributed by atoms with Crippen molar-refractivity contribution in [3.8, 4) is 35.4 Å². The Balaban J connectivity index is 1.41. The van der Waals surface area contributed by atoms with Gasteiger partial charge in [-0.2, -0.15) is 9.97 Å². The molecule has 1 atom stereocenters. The first-order chi connectivity index (χ1) is 21.5. The molecule has 11 nitrogen and oxygen atoms in total. The number of fused-ring (bicyclic) bond motifs is 2. The van der Waals surface area contributed by atoms with Crippen LogP contribution >= 0.6 is 0 Å². The molecule has 0 saturated carbocycles. The van der Waals surface area contributed by atoms with Gasteiger partial charge in [0, 0.05) is 60.8 Å². The van der Waals surface area contributed by atoms with Crippen LogP contribution in [0.15, 0.2) is 35.6 Å². The van der Waals surface area contributed by atoms with Gasteiger partial charge >= 0.3 is 6.01 Å². The SMILES string of the molecule is C#Cc1c(F)ccc2cc(O)cc(-c3ncc4c(N5CCNCC5)nc(OCC5CCCN5CCCN=[N+]=[N-])nc4c3F)c12. The number of rotatable bonds is 9. The fourth-order valence-electron chi connectivity index (χ4n) is 6.08. The minimum absolute atomic E-state index is 0.00123. The van der Waals surface area contributed by atoms with E-state index in [4.69, 9.17) is 21.7 Å². The Bertz CT molecular complexity index is 1800. The van der Waals surface area contributed by atoms with Crippen molar-refractivity contribution in [1.29, 1.82) is 0 Å². The third-order valence-electron chi connectivity index (χ3n) is 8.18. The molecule has 0 aliphatic carbocycles. The molecule has 2 aliphatic heterocycles. The summed E-state index contributed by atoms with van der Waals surface area (Å²) in [5, 5.41) is 18.5. The second-order valence-electron chi connectivity index (χ2n) is 10.9. The Hall–Kier alpha value is -4.76. The minimum Gasteiger partial charge on any atom is -0.508 e. The summed E-state index contributed by atoms with van der Waals surface area (Å²) in [7, 11) is 0. The van der Waals surface area contributed by atoms with Gasteiger partial charge in [-0.25, -0.2) is 8.78 Å². The van der Waals surface area contributed by atoms with E-state index in [9.17, 15) is 9.50 Å². The zero-order valence-electron chi connectivity index (χ0n) is 24.0. The van der Waals surface area contributed by atoms with Crippen molar-refractivity contribution in [1.82, 2.24) is 25.2 Å². The number of phenolic OH excluding ortho intramolecular Hbond substituents is 1. The van der Waals surface area contributed by atoms with Gasteiger partial charge in [0.15, 0.2) is 5.82 Å². The number of nitrogens with zero attached hydrogens (tertiary/aromatic N) is 8. The molecule has 2 saturated heterocycles. The van der Waals surface area contributed by atoms with Crippen LogP contribution < -0.4 is 15.0 Å². The van der Waals surface area contributed by atoms with Gasteiger partial charge in [-0.15, -0.1) is 6.42 Å². The number of piperazine rings is 1. The molecule has 44 heavy (non-hydrogen) atoms. The second-order valence-corrected chi connectivity index (χ2v) is 10.9. The molecule has 2 N–H and O–H groups in total. The Labute approximate surface area is 252 Å². The predicted molar refractivity (Wildman–Crippen MR) is 164 cm³/mol. The van der Waals surface area contributed by atoms with Crippen molar-refractivity contribution in [3.63, 3.8) is 0 Å². The van der Waals surface area contributed by atoms with Gasteiger partial charge in [0.1, 0.15) is 35.2 Å². The van der Waals surface area contributed by atoms with Gasteiger partial charge in [-0.1, -0.05) is 17.1 Å². The van der Waals surface area contributed by atoms with Crippen molar-refractivity contribution in [2.45, 2.75) is 25.3 Å². The van der Waals surface area contributed by atoms with Gasteiger partial charge in [0.2, 0.25) is 0 Å². The van der Waals surface area contributed by atoms with Crippen LogP contribution in [0.5, 0.6) is 11.8 Å². The summed E-state index contributed by atoms with van der Waals surface area (Å²) >= 11 is 0. The number of benzene rings is 2. The summed E-state index contributed by atoms with van der Waals surface area (Å²) in [4.78, 5) is 20.8. The molecule has 0 spiro atoms. The Morgan fingerprint density at radius 1 is 1.20 bits per heavy atom. The lowest BCUT2D eigenvalue weighted by Gasteiger charge is -2.29. The highest BCUT2D eigenvalue weighted by Gasteiger charge is 2.27. The largest absolute Gasteiger partial charge is 0.508 e. The van der Waals surface area contributed by atoms with Gasteiger partial charge in [-0.3, -0.25) is 9.88 Å². The van der Waals surface area contributed by atoms with Crippen LogP contribution in [0.25, 0.3) is 43.4 Å². The molecular formula is C31H31F2N9O2. The van der Waals surface area contributed by atoms with Gasteiger partial charge < -0.3 is 20.1 Å². The van der Waals surface area contributed by atoms with E-state index in [-0.39, 0.29) is 45.5 Å². The van der Waals surface area contributed by atoms with E-state index >= 15 is 4.39 Å². The molecule has 13 heteroatoms. The number of hydrogen-bond acceptors (Lipinski definition) is 9. The smallest absolute Gasteiger partial charge is 0.319 e. The van der Waals surface area contributed by atoms with Crippen LogP contribution in [0.1, 0.15) is 24.8 Å². The van der Waals surface area contributed by atoms with Crippen LogP contribution in [0.3, 0.4) is 0 Å². The zero-order valence-corrected chi connectivity index (χ0v) is 24.0. The molecule has 2 aromatic carbocycles. The maximum atomic E-state index is 16.6. The monoisotopic (exact) mass is 599 g/mol. The molecule has 4 heterocycles. The fraction of sp³-hybridized carbons (Fsp3) is 0.387. The topological polar surface area (TPSA) is 135 Å². The van der Waals surface area contributed by atoms with E-state index < -0.39 is 11.6 Å². The summed E-state index contributed by atoms with van der Waals surface area (Å²) in [6.07, 6.45) is 9.85. The Morgan fingerprint density at radius 2 is 2.05 bits per heavy atom. The molecule has 226 valence electrons. The van der Waals surface area contributed by atoms with Crippen molar-refractivity contribution >= 4 is 27.5 Å². The fourth-order valence-corrected chi connectivity index (χ4v) is 6.08. The molecule has 2 aromatic heterocycles. The number of likely N-dealkylation sites (tertiary alicyclic amines) is 1. The third kappa shape index (κ3) is 5.75. The van der Waals surface area contributed by atoms with Crippen molar-refractivity contribution in [2.24, 2.45) is 5.11 Å². The predicted octanol–water partition coefficient (Wildman–Crippen LogP) is 4.76. The Morgan fingerprint density at radius 3 is 2.84 bits per heavy atom. The number of phenols is 1. The molecule has 0 bridgehead atoms. The quantitative estimate of drug-likeness (QED) is 0.0924. The minimum atomic E-state index is -0.759. The molecule has 2 aliphatic rings. The van der Waals surface area contributed by atoms with Gasteiger partial charge in [-0.05, 0) is 61.5 Å². The van der Waals surface area contributed by atoms with E-state index in [1.54, 1.807) is 0 Å². The van der Waals surface area contributed by atoms with Crippen LogP contribution in [-0.2, 0) is 0 Å². The van der Waals surface area contributed by atoms with Crippen LogP contribution in [0.4, 0.5) is 14.6 Å². The summed E-state index contributed by atoms with van der Waals surface area (Å²) < 4.78 is 37.4. The molecule has 0 amide bonds. The molecule has 2 fully saturated rings. The number of nitrogens with one attached hydrogen (secondary N) is 1. The third-order valence-corrected chi connectivity index (χ3v) is 8.18. The van der Waals surface area contributed by atoms with Crippen LogP contribution in [0, 0.1) is 24.0 Å². The molecule has 1 unspecified atom stereocenters. The lowest BCUT2D eigenvalue weighted by atomic mass is 9.96. The van der Waals surface area contributed by atoms with Crippen molar-refractivity contribution in [3.05, 3.63) is 58.1 Å². The first-order valence-electron chi connectivity index (χ1n) is 14.6. The first kappa shape index (κ1) is 29.3. The number of aromatic hydroxyl groups is 1. The summed E-state index contributed by atoms with van der Waals surface area (Å²) in [5.41, 5.74) is 8.52. The first-order valence-corrected chi connectivity index (χ1v) is 14.6. The van der Waals surface area contributed by atoms with Crippen molar-refractivity contribution in [2.75, 3.05) is 57.3 Å². The zero-order chi connectivity index (χ0) is 30.6. The number of ether oxygens (including phenoxy) is 1. The standard InChI is InChI=1S/C31H31F2N9O2/c1-2-22-25(32)7-6-19-15-21(43)16-23(26(19)22)28-27(33)29-24(17-36-28)30(42-13-9-35-10-14-42)39-31(38-29)44-18-20-5-3-11-41(20)12-4-8-37-40-34/h1,6-7,15-17,20,35,43H,3-5,8-14,18H2. The normalized spacial score (nSPS) is 17.1. The molecule has 6 rings (SSSR count). The van der Waals surface area contributed by atoms with E-state index in [0.717, 1.165) is 45.4 Å². The Kier molecular flexibility index (Phi) is 8.56. The summed E-state index contributed by atoms with van der Waals surface area (Å²) in [6, 6.07) is 5.63. The average molecular weight is 600 g/mol. The van der Waals surface area contributed by atoms with E-state index in [1.165, 1.54) is 30.5 Å². The molecule has 4 aromatic rings. The van der Waals surface area contributed by atoms with E-state index in [1.807, 2.05) is 4.90 Å². The average Bonchev–Trinajstić information content (AvgIpc) is 3.49. The highest BCUT2D eigenvalue weighted by molar-refractivity contribution is 6.03. The number of azide groups is 1. The van der Waals surface area contributed by atoms with E-state index in [2.05, 4.69) is 36.1 Å².